The van der Waals surface area contributed by atoms with Gasteiger partial charge < -0.3 is 15.0 Å². The molecule has 0 amide bonds. The molecule has 1 N–H and O–H groups in total. The normalized spacial score (nSPS) is 24.1. The van der Waals surface area contributed by atoms with E-state index in [1.165, 1.54) is 0 Å². The third kappa shape index (κ3) is 1.05. The van der Waals surface area contributed by atoms with Gasteiger partial charge in [0.15, 0.2) is 0 Å². The van der Waals surface area contributed by atoms with E-state index < -0.39 is 11.6 Å². The molecule has 0 aromatic carbocycles. The maximum Gasteiger partial charge on any atom is 0.104 e. The molecular formula is C6H9O3-. The van der Waals surface area contributed by atoms with Crippen LogP contribution in [0.3, 0.4) is 0 Å². The van der Waals surface area contributed by atoms with Crippen LogP contribution in [0.1, 0.15) is 25.7 Å². The lowest BCUT2D eigenvalue weighted by atomic mass is 10.0. The summed E-state index contributed by atoms with van der Waals surface area (Å²) >= 11 is 0. The van der Waals surface area contributed by atoms with Crippen molar-refractivity contribution < 1.29 is 15.0 Å². The van der Waals surface area contributed by atoms with Gasteiger partial charge in [0, 0.05) is 0 Å². The Morgan fingerprint density at radius 3 is 2.11 bits per heavy atom. The molecule has 0 aliphatic heterocycles. The van der Waals surface area contributed by atoms with Gasteiger partial charge in [0.1, 0.15) is 5.60 Å². The van der Waals surface area contributed by atoms with Crippen LogP contribution in [0.2, 0.25) is 0 Å². The average Bonchev–Trinajstić information content (AvgIpc) is 2.16. The molecule has 1 rings (SSSR count). The van der Waals surface area contributed by atoms with E-state index in [4.69, 9.17) is 5.11 Å². The molecule has 0 bridgehead atoms. The first kappa shape index (κ1) is 6.55. The Hall–Kier alpha value is -0.570. The Labute approximate surface area is 53.3 Å². The summed E-state index contributed by atoms with van der Waals surface area (Å²) in [6, 6.07) is 0. The zero-order chi connectivity index (χ0) is 6.91. The Balaban J connectivity index is 2.61. The zero-order valence-electron chi connectivity index (χ0n) is 5.09. The lowest BCUT2D eigenvalue weighted by Gasteiger charge is -2.22. The number of hydrogen-bond acceptors (Lipinski definition) is 3. The molecule has 9 heavy (non-hydrogen) atoms. The summed E-state index contributed by atoms with van der Waals surface area (Å²) in [6.45, 7) is 0. The lowest BCUT2D eigenvalue weighted by molar-refractivity contribution is -0.324. The number of carboxylic acid groups (broad SMARTS) is 1. The SMILES string of the molecule is O=C([O-])C1(O)CCCC1. The Kier molecular flexibility index (Phi) is 1.45. The molecule has 3 heteroatoms. The lowest BCUT2D eigenvalue weighted by Crippen LogP contribution is -2.46. The van der Waals surface area contributed by atoms with Crippen molar-refractivity contribution in [2.45, 2.75) is 31.3 Å². The van der Waals surface area contributed by atoms with E-state index >= 15 is 0 Å². The van der Waals surface area contributed by atoms with Crippen LogP contribution in [0.5, 0.6) is 0 Å². The first-order valence-corrected chi connectivity index (χ1v) is 3.09. The molecule has 0 heterocycles. The molecule has 1 fully saturated rings. The fraction of sp³-hybridized carbons (Fsp3) is 0.833. The molecule has 0 radical (unpaired) electrons. The molecule has 1 aliphatic rings. The molecule has 0 unspecified atom stereocenters. The second kappa shape index (κ2) is 1.99. The Bertz CT molecular complexity index is 124. The highest BCUT2D eigenvalue weighted by atomic mass is 16.4. The number of aliphatic hydroxyl groups is 1. The molecule has 1 aliphatic carbocycles. The number of carbonyl (C=O) groups excluding carboxylic acids is 1. The highest BCUT2D eigenvalue weighted by Gasteiger charge is 2.32. The minimum absolute atomic E-state index is 0.356. The Morgan fingerprint density at radius 2 is 1.89 bits per heavy atom. The van der Waals surface area contributed by atoms with Crippen molar-refractivity contribution in [1.82, 2.24) is 0 Å². The van der Waals surface area contributed by atoms with Crippen LogP contribution in [0.4, 0.5) is 0 Å². The van der Waals surface area contributed by atoms with Crippen LogP contribution in [0, 0.1) is 0 Å². The van der Waals surface area contributed by atoms with Crippen LogP contribution < -0.4 is 5.11 Å². The third-order valence-corrected chi connectivity index (χ3v) is 1.81. The summed E-state index contributed by atoms with van der Waals surface area (Å²) in [5, 5.41) is 19.3. The fourth-order valence-electron chi connectivity index (χ4n) is 1.16. The van der Waals surface area contributed by atoms with Crippen LogP contribution in [-0.4, -0.2) is 16.7 Å². The van der Waals surface area contributed by atoms with Crippen molar-refractivity contribution >= 4 is 5.97 Å². The molecule has 3 nitrogen and oxygen atoms in total. The van der Waals surface area contributed by atoms with Gasteiger partial charge >= 0.3 is 0 Å². The standard InChI is InChI=1S/C6H10O3/c7-5(8)6(9)3-1-2-4-6/h9H,1-4H2,(H,7,8)/p-1. The summed E-state index contributed by atoms with van der Waals surface area (Å²) in [6.07, 6.45) is 2.31. The number of aliphatic carboxylic acids is 1. The van der Waals surface area contributed by atoms with Gasteiger partial charge in [-0.3, -0.25) is 0 Å². The molecule has 1 saturated carbocycles. The van der Waals surface area contributed by atoms with Gasteiger partial charge in [-0.2, -0.15) is 0 Å². The van der Waals surface area contributed by atoms with Crippen molar-refractivity contribution in [3.63, 3.8) is 0 Å². The highest BCUT2D eigenvalue weighted by molar-refractivity contribution is 5.75. The quantitative estimate of drug-likeness (QED) is 0.496. The van der Waals surface area contributed by atoms with Crippen molar-refractivity contribution in [1.29, 1.82) is 0 Å². The number of hydrogen-bond donors (Lipinski definition) is 1. The summed E-state index contributed by atoms with van der Waals surface area (Å²) in [7, 11) is 0. The van der Waals surface area contributed by atoms with Gasteiger partial charge in [-0.15, -0.1) is 0 Å². The second-order valence-corrected chi connectivity index (χ2v) is 2.53. The first-order valence-electron chi connectivity index (χ1n) is 3.09. The van der Waals surface area contributed by atoms with E-state index in [1.54, 1.807) is 0 Å². The maximum atomic E-state index is 10.2. The molecule has 0 aromatic heterocycles. The predicted molar refractivity (Wildman–Crippen MR) is 28.4 cm³/mol. The van der Waals surface area contributed by atoms with Gasteiger partial charge in [0.25, 0.3) is 0 Å². The largest absolute Gasteiger partial charge is 0.547 e. The molecule has 52 valence electrons. The van der Waals surface area contributed by atoms with Crippen LogP contribution in [0.15, 0.2) is 0 Å². The minimum atomic E-state index is -1.50. The molecule has 0 atom stereocenters. The van der Waals surface area contributed by atoms with Gasteiger partial charge in [0.05, 0.1) is 5.97 Å². The van der Waals surface area contributed by atoms with Crippen LogP contribution in [0.25, 0.3) is 0 Å². The summed E-state index contributed by atoms with van der Waals surface area (Å²) in [5.74, 6) is -1.32. The molecule has 0 aromatic rings. The van der Waals surface area contributed by atoms with E-state index in [9.17, 15) is 9.90 Å². The van der Waals surface area contributed by atoms with Gasteiger partial charge in [0.2, 0.25) is 0 Å². The van der Waals surface area contributed by atoms with Crippen molar-refractivity contribution in [3.05, 3.63) is 0 Å². The zero-order valence-corrected chi connectivity index (χ0v) is 5.09. The van der Waals surface area contributed by atoms with Gasteiger partial charge in [-0.05, 0) is 12.8 Å². The highest BCUT2D eigenvalue weighted by Crippen LogP contribution is 2.28. The minimum Gasteiger partial charge on any atom is -0.547 e. The van der Waals surface area contributed by atoms with E-state index in [0.29, 0.717) is 12.8 Å². The van der Waals surface area contributed by atoms with Gasteiger partial charge in [-0.1, -0.05) is 12.8 Å². The van der Waals surface area contributed by atoms with Crippen LogP contribution in [-0.2, 0) is 4.79 Å². The molecule has 0 spiro atoms. The summed E-state index contributed by atoms with van der Waals surface area (Å²) in [4.78, 5) is 10.2. The van der Waals surface area contributed by atoms with Crippen molar-refractivity contribution in [3.8, 4) is 0 Å². The van der Waals surface area contributed by atoms with Crippen molar-refractivity contribution in [2.75, 3.05) is 0 Å². The third-order valence-electron chi connectivity index (χ3n) is 1.81. The first-order chi connectivity index (χ1) is 4.15. The maximum absolute atomic E-state index is 10.2. The topological polar surface area (TPSA) is 60.4 Å². The van der Waals surface area contributed by atoms with E-state index in [1.807, 2.05) is 0 Å². The fourth-order valence-corrected chi connectivity index (χ4v) is 1.16. The van der Waals surface area contributed by atoms with Gasteiger partial charge in [-0.25, -0.2) is 0 Å². The van der Waals surface area contributed by atoms with Crippen LogP contribution >= 0.6 is 0 Å². The average molecular weight is 129 g/mol. The molecule has 0 saturated heterocycles. The van der Waals surface area contributed by atoms with E-state index in [0.717, 1.165) is 12.8 Å². The summed E-state index contributed by atoms with van der Waals surface area (Å²) < 4.78 is 0. The monoisotopic (exact) mass is 129 g/mol. The number of rotatable bonds is 1. The van der Waals surface area contributed by atoms with E-state index in [2.05, 4.69) is 0 Å². The predicted octanol–water partition coefficient (Wildman–Crippen LogP) is -0.959. The smallest absolute Gasteiger partial charge is 0.104 e. The summed E-state index contributed by atoms with van der Waals surface area (Å²) in [5.41, 5.74) is -1.50. The Morgan fingerprint density at radius 1 is 1.44 bits per heavy atom. The number of carboxylic acids is 1. The number of carbonyl (C=O) groups is 1. The molecular weight excluding hydrogens is 120 g/mol. The second-order valence-electron chi connectivity index (χ2n) is 2.53. The van der Waals surface area contributed by atoms with Crippen molar-refractivity contribution in [2.24, 2.45) is 0 Å². The van der Waals surface area contributed by atoms with E-state index in [-0.39, 0.29) is 0 Å².